The van der Waals surface area contributed by atoms with Crippen molar-refractivity contribution in [2.75, 3.05) is 20.3 Å². The Morgan fingerprint density at radius 1 is 1.19 bits per heavy atom. The van der Waals surface area contributed by atoms with Crippen molar-refractivity contribution in [2.24, 2.45) is 4.99 Å². The maximum absolute atomic E-state index is 13.6. The average Bonchev–Trinajstić information content (AvgIpc) is 3.20. The summed E-state index contributed by atoms with van der Waals surface area (Å²) in [6.07, 6.45) is 2.71. The minimum Gasteiger partial charge on any atom is -0.507 e. The Balaban J connectivity index is 1.92. The van der Waals surface area contributed by atoms with Gasteiger partial charge in [-0.15, -0.1) is 0 Å². The lowest BCUT2D eigenvalue weighted by molar-refractivity contribution is -0.384. The van der Waals surface area contributed by atoms with Crippen molar-refractivity contribution < 1.29 is 29.0 Å². The molecular weight excluding hydrogens is 502 g/mol. The van der Waals surface area contributed by atoms with E-state index in [4.69, 9.17) is 14.2 Å². The Labute approximate surface area is 214 Å². The normalized spacial score (nSPS) is 14.8. The van der Waals surface area contributed by atoms with Crippen molar-refractivity contribution in [3.63, 3.8) is 0 Å². The molecule has 0 amide bonds. The molecule has 1 aliphatic rings. The number of non-ortho nitro benzene ring substituents is 1. The molecule has 3 aromatic rings. The number of ether oxygens (including phenoxy) is 3. The molecule has 37 heavy (non-hydrogen) atoms. The maximum atomic E-state index is 13.6. The highest BCUT2D eigenvalue weighted by atomic mass is 32.1. The van der Waals surface area contributed by atoms with E-state index < -0.39 is 22.5 Å². The van der Waals surface area contributed by atoms with Crippen LogP contribution in [0.2, 0.25) is 0 Å². The number of nitro benzene ring substituents is 1. The highest BCUT2D eigenvalue weighted by molar-refractivity contribution is 7.07. The van der Waals surface area contributed by atoms with Crippen molar-refractivity contribution in [3.05, 3.63) is 89.1 Å². The maximum Gasteiger partial charge on any atom is 0.337 e. The molecule has 0 aliphatic carbocycles. The third kappa shape index (κ3) is 4.96. The van der Waals surface area contributed by atoms with Gasteiger partial charge in [0.2, 0.25) is 0 Å². The number of esters is 1. The Kier molecular flexibility index (Phi) is 7.39. The summed E-state index contributed by atoms with van der Waals surface area (Å²) in [5.74, 6) is 0.0827. The minimum atomic E-state index is -0.889. The van der Waals surface area contributed by atoms with Gasteiger partial charge in [-0.3, -0.25) is 19.5 Å². The molecule has 0 spiro atoms. The van der Waals surface area contributed by atoms with Gasteiger partial charge in [-0.05, 0) is 43.7 Å². The van der Waals surface area contributed by atoms with Gasteiger partial charge in [0.15, 0.2) is 16.3 Å². The summed E-state index contributed by atoms with van der Waals surface area (Å²) in [5, 5.41) is 21.4. The van der Waals surface area contributed by atoms with E-state index in [0.717, 1.165) is 11.3 Å². The van der Waals surface area contributed by atoms with Gasteiger partial charge in [-0.1, -0.05) is 17.4 Å². The number of methoxy groups -OCH3 is 1. The highest BCUT2D eigenvalue weighted by Gasteiger charge is 2.31. The number of phenolic OH excluding ortho intramolecular Hbond substituents is 1. The van der Waals surface area contributed by atoms with E-state index >= 15 is 0 Å². The molecule has 0 bridgehead atoms. The molecule has 11 nitrogen and oxygen atoms in total. The molecule has 0 radical (unpaired) electrons. The fraction of sp³-hybridized carbons (Fsp3) is 0.240. The first kappa shape index (κ1) is 25.6. The number of rotatable bonds is 8. The van der Waals surface area contributed by atoms with Crippen LogP contribution in [0.3, 0.4) is 0 Å². The summed E-state index contributed by atoms with van der Waals surface area (Å²) >= 11 is 1.02. The Hall–Kier alpha value is -4.45. The standard InChI is InChI=1S/C25H23N3O8S/c1-4-35-19-9-6-14(11-20(19)36-5-2)22-17(24(31)34-3)13-26-25-27(22)23(30)21(37-25)12-15-10-16(28(32)33)7-8-18(15)29/h6-13,22,29H,4-5H2,1-3H3/b21-12+/t22-/m1/s1. The number of fused-ring (bicyclic) bond motifs is 1. The second kappa shape index (κ2) is 10.7. The van der Waals surface area contributed by atoms with Crippen LogP contribution in [0.5, 0.6) is 17.2 Å². The predicted octanol–water partition coefficient (Wildman–Crippen LogP) is 2.43. The topological polar surface area (TPSA) is 142 Å². The number of aromatic nitrogens is 1. The lowest BCUT2D eigenvalue weighted by atomic mass is 9.97. The van der Waals surface area contributed by atoms with Crippen LogP contribution in [0, 0.1) is 10.1 Å². The third-order valence-corrected chi connectivity index (χ3v) is 6.51. The molecule has 1 N–H and O–H groups in total. The average molecular weight is 526 g/mol. The van der Waals surface area contributed by atoms with Crippen molar-refractivity contribution in [1.82, 2.24) is 4.57 Å². The molecule has 2 aromatic carbocycles. The largest absolute Gasteiger partial charge is 0.507 e. The summed E-state index contributed by atoms with van der Waals surface area (Å²) in [5.41, 5.74) is 0.0556. The van der Waals surface area contributed by atoms with Crippen LogP contribution in [-0.2, 0) is 9.53 Å². The number of nitrogens with zero attached hydrogens (tertiary/aromatic N) is 3. The van der Waals surface area contributed by atoms with Crippen LogP contribution < -0.4 is 24.4 Å². The van der Waals surface area contributed by atoms with Gasteiger partial charge < -0.3 is 19.3 Å². The third-order valence-electron chi connectivity index (χ3n) is 5.52. The lowest BCUT2D eigenvalue weighted by Gasteiger charge is -2.23. The zero-order valence-electron chi connectivity index (χ0n) is 20.2. The second-order valence-corrected chi connectivity index (χ2v) is 8.76. The summed E-state index contributed by atoms with van der Waals surface area (Å²) < 4.78 is 17.8. The van der Waals surface area contributed by atoms with Crippen molar-refractivity contribution in [2.45, 2.75) is 19.9 Å². The Morgan fingerprint density at radius 3 is 2.59 bits per heavy atom. The number of thiazole rings is 1. The van der Waals surface area contributed by atoms with E-state index in [9.17, 15) is 24.8 Å². The van der Waals surface area contributed by atoms with Gasteiger partial charge in [-0.25, -0.2) is 9.79 Å². The van der Waals surface area contributed by atoms with Crippen LogP contribution in [0.4, 0.5) is 5.69 Å². The minimum absolute atomic E-state index is 0.0999. The van der Waals surface area contributed by atoms with Crippen LogP contribution >= 0.6 is 11.3 Å². The van der Waals surface area contributed by atoms with E-state index in [1.807, 2.05) is 13.8 Å². The fourth-order valence-electron chi connectivity index (χ4n) is 3.90. The van der Waals surface area contributed by atoms with Crippen molar-refractivity contribution in [1.29, 1.82) is 0 Å². The first-order valence-electron chi connectivity index (χ1n) is 11.2. The lowest BCUT2D eigenvalue weighted by Crippen LogP contribution is -2.39. The monoisotopic (exact) mass is 525 g/mol. The Morgan fingerprint density at radius 2 is 1.92 bits per heavy atom. The number of benzene rings is 2. The van der Waals surface area contributed by atoms with Gasteiger partial charge in [0, 0.05) is 23.9 Å². The number of hydrogen-bond donors (Lipinski definition) is 1. The molecule has 0 unspecified atom stereocenters. The number of carbonyl (C=O) groups is 1. The van der Waals surface area contributed by atoms with Gasteiger partial charge in [0.05, 0.1) is 41.4 Å². The highest BCUT2D eigenvalue weighted by Crippen LogP contribution is 2.35. The van der Waals surface area contributed by atoms with Crippen LogP contribution in [0.15, 0.2) is 58.0 Å². The smallest absolute Gasteiger partial charge is 0.337 e. The zero-order chi connectivity index (χ0) is 26.7. The Bertz CT molecular complexity index is 1590. The van der Waals surface area contributed by atoms with Crippen LogP contribution in [0.1, 0.15) is 31.0 Å². The van der Waals surface area contributed by atoms with E-state index in [2.05, 4.69) is 4.99 Å². The molecule has 4 rings (SSSR count). The number of carbonyl (C=O) groups excluding carboxylic acids is 1. The molecule has 1 aromatic heterocycles. The zero-order valence-corrected chi connectivity index (χ0v) is 21.0. The SMILES string of the molecule is CCOc1ccc([C@@H]2C(C(=O)OC)=CN=c3s/c(=C/c4cc([N+](=O)[O-])ccc4O)c(=O)n32)cc1OCC. The van der Waals surface area contributed by atoms with Crippen LogP contribution in [-0.4, -0.2) is 40.9 Å². The molecule has 0 saturated heterocycles. The molecule has 0 saturated carbocycles. The van der Waals surface area contributed by atoms with Gasteiger partial charge >= 0.3 is 5.97 Å². The van der Waals surface area contributed by atoms with E-state index in [0.29, 0.717) is 35.1 Å². The molecule has 192 valence electrons. The number of aromatic hydroxyl groups is 1. The van der Waals surface area contributed by atoms with E-state index in [1.54, 1.807) is 18.2 Å². The summed E-state index contributed by atoms with van der Waals surface area (Å²) in [7, 11) is 1.24. The van der Waals surface area contributed by atoms with Crippen LogP contribution in [0.25, 0.3) is 6.08 Å². The summed E-state index contributed by atoms with van der Waals surface area (Å²) in [6, 6.07) is 7.77. The molecule has 12 heteroatoms. The van der Waals surface area contributed by atoms with Gasteiger partial charge in [-0.2, -0.15) is 0 Å². The first-order chi connectivity index (χ1) is 17.8. The van der Waals surface area contributed by atoms with Crippen molar-refractivity contribution >= 4 is 29.1 Å². The number of nitro groups is 1. The summed E-state index contributed by atoms with van der Waals surface area (Å²) in [4.78, 5) is 41.4. The number of hydrogen-bond acceptors (Lipinski definition) is 10. The second-order valence-electron chi connectivity index (χ2n) is 7.75. The van der Waals surface area contributed by atoms with Crippen molar-refractivity contribution in [3.8, 4) is 17.2 Å². The van der Waals surface area contributed by atoms with Gasteiger partial charge in [0.25, 0.3) is 11.2 Å². The molecule has 1 atom stereocenters. The predicted molar refractivity (Wildman–Crippen MR) is 135 cm³/mol. The van der Waals surface area contributed by atoms with Gasteiger partial charge in [0.1, 0.15) is 5.75 Å². The molecule has 2 heterocycles. The molecule has 0 fully saturated rings. The van der Waals surface area contributed by atoms with E-state index in [1.165, 1.54) is 42.2 Å². The fourth-order valence-corrected chi connectivity index (χ4v) is 4.86. The molecule has 1 aliphatic heterocycles. The molecular formula is C25H23N3O8S. The first-order valence-corrected chi connectivity index (χ1v) is 12.1. The summed E-state index contributed by atoms with van der Waals surface area (Å²) in [6.45, 7) is 4.47. The quantitative estimate of drug-likeness (QED) is 0.268. The number of phenols is 1. The van der Waals surface area contributed by atoms with E-state index in [-0.39, 0.29) is 27.1 Å².